The van der Waals surface area contributed by atoms with E-state index in [1.165, 1.54) is 37.7 Å². The molecule has 0 aliphatic heterocycles. The van der Waals surface area contributed by atoms with Gasteiger partial charge in [0.25, 0.3) is 0 Å². The summed E-state index contributed by atoms with van der Waals surface area (Å²) >= 11 is 0. The average Bonchev–Trinajstić information content (AvgIpc) is 2.07. The lowest BCUT2D eigenvalue weighted by molar-refractivity contribution is 0.385. The predicted molar refractivity (Wildman–Crippen MR) is 57.4 cm³/mol. The van der Waals surface area contributed by atoms with Crippen LogP contribution in [-0.2, 0) is 0 Å². The van der Waals surface area contributed by atoms with Crippen LogP contribution in [0.2, 0.25) is 0 Å². The van der Waals surface area contributed by atoms with Crippen molar-refractivity contribution in [2.24, 2.45) is 5.92 Å². The van der Waals surface area contributed by atoms with Crippen LogP contribution in [0, 0.1) is 5.92 Å². The molecule has 12 heavy (non-hydrogen) atoms. The van der Waals surface area contributed by atoms with E-state index in [4.69, 9.17) is 0 Å². The molecule has 0 aromatic carbocycles. The van der Waals surface area contributed by atoms with Gasteiger partial charge in [0.1, 0.15) is 0 Å². The molecule has 0 nitrogen and oxygen atoms in total. The molecule has 0 saturated heterocycles. The second-order valence-electron chi connectivity index (χ2n) is 4.11. The molecule has 0 amide bonds. The van der Waals surface area contributed by atoms with Crippen LogP contribution >= 0.6 is 0 Å². The van der Waals surface area contributed by atoms with Crippen molar-refractivity contribution in [2.45, 2.75) is 59.8 Å². The van der Waals surface area contributed by atoms with Crippen molar-refractivity contribution >= 4 is 0 Å². The molecule has 1 rings (SSSR count). The highest BCUT2D eigenvalue weighted by Gasteiger charge is 2.05. The summed E-state index contributed by atoms with van der Waals surface area (Å²) < 4.78 is 0. The summed E-state index contributed by atoms with van der Waals surface area (Å²) in [5.74, 6) is 1.04. The zero-order chi connectivity index (χ0) is 9.40. The SMILES string of the molecule is CC1CCCCC1.CC=C(C)C. The Bertz CT molecular complexity index is 112. The number of hydrogen-bond donors (Lipinski definition) is 0. The second-order valence-corrected chi connectivity index (χ2v) is 4.11. The number of hydrogen-bond acceptors (Lipinski definition) is 0. The quantitative estimate of drug-likeness (QED) is 0.465. The van der Waals surface area contributed by atoms with Crippen molar-refractivity contribution in [3.8, 4) is 0 Å². The van der Waals surface area contributed by atoms with E-state index < -0.39 is 0 Å². The van der Waals surface area contributed by atoms with Gasteiger partial charge >= 0.3 is 0 Å². The molecular weight excluding hydrogens is 144 g/mol. The number of rotatable bonds is 0. The Hall–Kier alpha value is -0.260. The third kappa shape index (κ3) is 7.84. The van der Waals surface area contributed by atoms with E-state index in [0.29, 0.717) is 0 Å². The van der Waals surface area contributed by atoms with E-state index in [0.717, 1.165) is 5.92 Å². The van der Waals surface area contributed by atoms with Gasteiger partial charge in [-0.05, 0) is 26.7 Å². The monoisotopic (exact) mass is 168 g/mol. The van der Waals surface area contributed by atoms with Gasteiger partial charge in [0.05, 0.1) is 0 Å². The molecule has 1 aliphatic carbocycles. The van der Waals surface area contributed by atoms with Crippen molar-refractivity contribution < 1.29 is 0 Å². The fourth-order valence-electron chi connectivity index (χ4n) is 1.31. The Morgan fingerprint density at radius 1 is 1.08 bits per heavy atom. The van der Waals surface area contributed by atoms with Crippen LogP contribution < -0.4 is 0 Å². The summed E-state index contributed by atoms with van der Waals surface area (Å²) in [7, 11) is 0. The van der Waals surface area contributed by atoms with Gasteiger partial charge in [-0.1, -0.05) is 50.7 Å². The summed E-state index contributed by atoms with van der Waals surface area (Å²) in [4.78, 5) is 0. The van der Waals surface area contributed by atoms with Gasteiger partial charge in [-0.2, -0.15) is 0 Å². The van der Waals surface area contributed by atoms with E-state index in [-0.39, 0.29) is 0 Å². The molecule has 0 heteroatoms. The zero-order valence-electron chi connectivity index (χ0n) is 9.19. The maximum Gasteiger partial charge on any atom is -0.0442 e. The molecule has 72 valence electrons. The van der Waals surface area contributed by atoms with Gasteiger partial charge in [-0.15, -0.1) is 0 Å². The minimum absolute atomic E-state index is 1.04. The van der Waals surface area contributed by atoms with Gasteiger partial charge in [0, 0.05) is 0 Å². The van der Waals surface area contributed by atoms with E-state index in [1.807, 2.05) is 6.92 Å². The molecule has 1 fully saturated rings. The molecule has 1 aliphatic rings. The molecule has 0 heterocycles. The van der Waals surface area contributed by atoms with E-state index >= 15 is 0 Å². The maximum atomic E-state index is 2.36. The smallest absolute Gasteiger partial charge is 0.0442 e. The summed E-state index contributed by atoms with van der Waals surface area (Å²) in [6, 6.07) is 0. The third-order valence-corrected chi connectivity index (χ3v) is 2.47. The van der Waals surface area contributed by atoms with Crippen LogP contribution in [-0.4, -0.2) is 0 Å². The van der Waals surface area contributed by atoms with Gasteiger partial charge in [-0.3, -0.25) is 0 Å². The Morgan fingerprint density at radius 3 is 1.67 bits per heavy atom. The summed E-state index contributed by atoms with van der Waals surface area (Å²) in [5.41, 5.74) is 1.38. The molecule has 0 aromatic rings. The predicted octanol–water partition coefficient (Wildman–Crippen LogP) is 4.56. The first kappa shape index (κ1) is 11.7. The summed E-state index contributed by atoms with van der Waals surface area (Å²) in [6.07, 6.45) is 9.52. The van der Waals surface area contributed by atoms with Crippen molar-refractivity contribution in [1.29, 1.82) is 0 Å². The molecule has 0 atom stereocenters. The largest absolute Gasteiger partial charge is 0.0890 e. The van der Waals surface area contributed by atoms with Crippen LogP contribution in [0.15, 0.2) is 11.6 Å². The van der Waals surface area contributed by atoms with Crippen LogP contribution in [0.3, 0.4) is 0 Å². The fourth-order valence-corrected chi connectivity index (χ4v) is 1.31. The standard InChI is InChI=1S/C7H14.C5H10/c1-7-5-3-2-4-6-7;1-4-5(2)3/h7H,2-6H2,1H3;4H,1-3H3. The molecule has 0 radical (unpaired) electrons. The molecule has 1 saturated carbocycles. The highest BCUT2D eigenvalue weighted by Crippen LogP contribution is 2.21. The van der Waals surface area contributed by atoms with Gasteiger partial charge in [0.2, 0.25) is 0 Å². The summed E-state index contributed by atoms with van der Waals surface area (Å²) in [5, 5.41) is 0. The van der Waals surface area contributed by atoms with E-state index in [2.05, 4.69) is 26.8 Å². The molecule has 0 bridgehead atoms. The molecule has 0 unspecified atom stereocenters. The Kier molecular flexibility index (Phi) is 7.23. The topological polar surface area (TPSA) is 0 Å². The molecular formula is C12H24. The van der Waals surface area contributed by atoms with Crippen molar-refractivity contribution in [3.05, 3.63) is 11.6 Å². The normalized spacial score (nSPS) is 17.7. The van der Waals surface area contributed by atoms with Crippen molar-refractivity contribution in [3.63, 3.8) is 0 Å². The fraction of sp³-hybridized carbons (Fsp3) is 0.833. The van der Waals surface area contributed by atoms with Gasteiger partial charge in [0.15, 0.2) is 0 Å². The Labute approximate surface area is 78.1 Å². The van der Waals surface area contributed by atoms with Crippen LogP contribution in [0.5, 0.6) is 0 Å². The lowest BCUT2D eigenvalue weighted by atomic mass is 9.91. The first-order valence-corrected chi connectivity index (χ1v) is 5.26. The van der Waals surface area contributed by atoms with Crippen molar-refractivity contribution in [2.75, 3.05) is 0 Å². The molecule has 0 spiro atoms. The van der Waals surface area contributed by atoms with Crippen LogP contribution in [0.25, 0.3) is 0 Å². The highest BCUT2D eigenvalue weighted by molar-refractivity contribution is 4.88. The lowest BCUT2D eigenvalue weighted by Gasteiger charge is -2.15. The third-order valence-electron chi connectivity index (χ3n) is 2.47. The second kappa shape index (κ2) is 7.39. The minimum Gasteiger partial charge on any atom is -0.0890 e. The Balaban J connectivity index is 0.000000217. The average molecular weight is 168 g/mol. The molecule has 0 aromatic heterocycles. The number of allylic oxidation sites excluding steroid dienone is 2. The van der Waals surface area contributed by atoms with E-state index in [9.17, 15) is 0 Å². The van der Waals surface area contributed by atoms with Crippen LogP contribution in [0.1, 0.15) is 59.8 Å². The molecule has 0 N–H and O–H groups in total. The first-order valence-electron chi connectivity index (χ1n) is 5.26. The van der Waals surface area contributed by atoms with Crippen molar-refractivity contribution in [1.82, 2.24) is 0 Å². The highest BCUT2D eigenvalue weighted by atomic mass is 14.1. The van der Waals surface area contributed by atoms with Gasteiger partial charge in [-0.25, -0.2) is 0 Å². The summed E-state index contributed by atoms with van der Waals surface area (Å²) in [6.45, 7) is 8.56. The van der Waals surface area contributed by atoms with Gasteiger partial charge < -0.3 is 0 Å². The first-order chi connectivity index (χ1) is 5.66. The van der Waals surface area contributed by atoms with Crippen LogP contribution in [0.4, 0.5) is 0 Å². The lowest BCUT2D eigenvalue weighted by Crippen LogP contribution is -1.99. The van der Waals surface area contributed by atoms with E-state index in [1.54, 1.807) is 0 Å². The Morgan fingerprint density at radius 2 is 1.50 bits per heavy atom. The zero-order valence-corrected chi connectivity index (χ0v) is 9.19. The maximum absolute atomic E-state index is 2.36. The minimum atomic E-state index is 1.04.